The van der Waals surface area contributed by atoms with Crippen LogP contribution in [-0.4, -0.2) is 31.4 Å². The number of alkyl halides is 1. The first kappa shape index (κ1) is 18.6. The van der Waals surface area contributed by atoms with E-state index in [-0.39, 0.29) is 12.5 Å². The Morgan fingerprint density at radius 3 is 2.27 bits per heavy atom. The summed E-state index contributed by atoms with van der Waals surface area (Å²) in [7, 11) is 3.18. The number of rotatable bonds is 10. The molecule has 0 spiro atoms. The maximum atomic E-state index is 10.6. The van der Waals surface area contributed by atoms with Crippen molar-refractivity contribution < 1.29 is 24.1 Å². The second kappa shape index (κ2) is 9.56. The van der Waals surface area contributed by atoms with Crippen molar-refractivity contribution in [2.45, 2.75) is 44.0 Å². The molecule has 0 heterocycles. The molecule has 1 unspecified atom stereocenters. The molecule has 0 radical (unpaired) electrons. The van der Waals surface area contributed by atoms with Gasteiger partial charge in [0.1, 0.15) is 0 Å². The molecule has 22 heavy (non-hydrogen) atoms. The summed E-state index contributed by atoms with van der Waals surface area (Å²) in [6.07, 6.45) is 2.12. The second-order valence-electron chi connectivity index (χ2n) is 4.90. The van der Waals surface area contributed by atoms with Gasteiger partial charge in [-0.3, -0.25) is 4.79 Å². The van der Waals surface area contributed by atoms with Crippen molar-refractivity contribution in [1.29, 1.82) is 0 Å². The molecule has 0 aromatic heterocycles. The van der Waals surface area contributed by atoms with Gasteiger partial charge in [-0.05, 0) is 37.0 Å². The van der Waals surface area contributed by atoms with Gasteiger partial charge < -0.3 is 19.3 Å². The number of carbonyl (C=O) groups is 1. The van der Waals surface area contributed by atoms with Gasteiger partial charge in [-0.1, -0.05) is 22.9 Å². The van der Waals surface area contributed by atoms with Crippen molar-refractivity contribution in [2.24, 2.45) is 0 Å². The summed E-state index contributed by atoms with van der Waals surface area (Å²) < 4.78 is 16.8. The second-order valence-corrected chi connectivity index (χ2v) is 5.46. The minimum Gasteiger partial charge on any atom is -0.493 e. The normalized spacial score (nSPS) is 11.8. The van der Waals surface area contributed by atoms with E-state index in [1.807, 2.05) is 19.1 Å². The third kappa shape index (κ3) is 5.40. The average Bonchev–Trinajstić information content (AvgIpc) is 2.53. The summed E-state index contributed by atoms with van der Waals surface area (Å²) in [5.41, 5.74) is 1.03. The molecule has 0 aliphatic rings. The van der Waals surface area contributed by atoms with E-state index >= 15 is 0 Å². The molecule has 1 atom stereocenters. The molecular formula is C16H23BrO5. The smallest absolute Gasteiger partial charge is 0.303 e. The van der Waals surface area contributed by atoms with Crippen LogP contribution in [0.15, 0.2) is 12.1 Å². The molecule has 0 aliphatic heterocycles. The van der Waals surface area contributed by atoms with Crippen molar-refractivity contribution in [1.82, 2.24) is 0 Å². The summed E-state index contributed by atoms with van der Waals surface area (Å²) in [6, 6.07) is 3.80. The highest BCUT2D eigenvalue weighted by molar-refractivity contribution is 9.08. The van der Waals surface area contributed by atoms with E-state index < -0.39 is 5.97 Å². The van der Waals surface area contributed by atoms with Crippen molar-refractivity contribution >= 4 is 21.9 Å². The quantitative estimate of drug-likeness (QED) is 0.626. The summed E-state index contributed by atoms with van der Waals surface area (Å²) in [5.74, 6) is 1.01. The van der Waals surface area contributed by atoms with Crippen LogP contribution < -0.4 is 14.2 Å². The zero-order chi connectivity index (χ0) is 16.5. The molecule has 0 aliphatic carbocycles. The zero-order valence-corrected chi connectivity index (χ0v) is 14.8. The van der Waals surface area contributed by atoms with Crippen LogP contribution in [-0.2, 0) is 10.1 Å². The van der Waals surface area contributed by atoms with E-state index in [2.05, 4.69) is 15.9 Å². The van der Waals surface area contributed by atoms with Gasteiger partial charge in [0.15, 0.2) is 11.5 Å². The molecule has 5 nitrogen and oxygen atoms in total. The van der Waals surface area contributed by atoms with Gasteiger partial charge in [-0.2, -0.15) is 0 Å². The first-order valence-corrected chi connectivity index (χ1v) is 8.37. The number of halogens is 1. The Balaban J connectivity index is 2.90. The minimum absolute atomic E-state index is 0.0722. The Morgan fingerprint density at radius 1 is 1.27 bits per heavy atom. The molecule has 1 rings (SSSR count). The molecule has 1 aromatic rings. The zero-order valence-electron chi connectivity index (χ0n) is 13.2. The van der Waals surface area contributed by atoms with Crippen LogP contribution in [0.25, 0.3) is 0 Å². The average molecular weight is 375 g/mol. The molecule has 1 aromatic carbocycles. The fourth-order valence-electron chi connectivity index (χ4n) is 2.12. The van der Waals surface area contributed by atoms with Crippen LogP contribution in [0.4, 0.5) is 0 Å². The van der Waals surface area contributed by atoms with E-state index in [0.717, 1.165) is 12.0 Å². The SMILES string of the molecule is CCC(CCCC(=O)O)Oc1c(OC)cc(CBr)cc1OC. The largest absolute Gasteiger partial charge is 0.493 e. The van der Waals surface area contributed by atoms with Crippen molar-refractivity contribution in [3.05, 3.63) is 17.7 Å². The third-order valence-corrected chi connectivity index (χ3v) is 3.98. The monoisotopic (exact) mass is 374 g/mol. The van der Waals surface area contributed by atoms with Gasteiger partial charge in [0.2, 0.25) is 5.75 Å². The van der Waals surface area contributed by atoms with Crippen LogP contribution in [0.2, 0.25) is 0 Å². The number of hydrogen-bond donors (Lipinski definition) is 1. The molecule has 0 fully saturated rings. The highest BCUT2D eigenvalue weighted by Gasteiger charge is 2.18. The van der Waals surface area contributed by atoms with E-state index in [4.69, 9.17) is 19.3 Å². The number of benzene rings is 1. The number of carboxylic acids is 1. The predicted octanol–water partition coefficient (Wildman–Crippen LogP) is 4.01. The van der Waals surface area contributed by atoms with E-state index in [1.54, 1.807) is 14.2 Å². The lowest BCUT2D eigenvalue weighted by Gasteiger charge is -2.21. The molecule has 0 amide bonds. The Bertz CT molecular complexity index is 464. The molecule has 1 N–H and O–H groups in total. The lowest BCUT2D eigenvalue weighted by Crippen LogP contribution is -2.17. The Hall–Kier alpha value is -1.43. The van der Waals surface area contributed by atoms with E-state index in [0.29, 0.717) is 35.4 Å². The molecular weight excluding hydrogens is 352 g/mol. The van der Waals surface area contributed by atoms with Gasteiger partial charge in [0, 0.05) is 11.8 Å². The van der Waals surface area contributed by atoms with Crippen molar-refractivity contribution in [3.8, 4) is 17.2 Å². The van der Waals surface area contributed by atoms with Crippen LogP contribution in [0, 0.1) is 0 Å². The lowest BCUT2D eigenvalue weighted by atomic mass is 10.1. The third-order valence-electron chi connectivity index (χ3n) is 3.33. The summed E-state index contributed by atoms with van der Waals surface area (Å²) in [6.45, 7) is 2.01. The summed E-state index contributed by atoms with van der Waals surface area (Å²) >= 11 is 3.41. The fourth-order valence-corrected chi connectivity index (χ4v) is 2.45. The van der Waals surface area contributed by atoms with Gasteiger partial charge in [-0.15, -0.1) is 0 Å². The highest BCUT2D eigenvalue weighted by Crippen LogP contribution is 2.40. The van der Waals surface area contributed by atoms with Crippen molar-refractivity contribution in [2.75, 3.05) is 14.2 Å². The predicted molar refractivity (Wildman–Crippen MR) is 88.4 cm³/mol. The molecule has 124 valence electrons. The van der Waals surface area contributed by atoms with Gasteiger partial charge in [0.05, 0.1) is 20.3 Å². The van der Waals surface area contributed by atoms with E-state index in [1.165, 1.54) is 0 Å². The van der Waals surface area contributed by atoms with Crippen molar-refractivity contribution in [3.63, 3.8) is 0 Å². The summed E-state index contributed by atoms with van der Waals surface area (Å²) in [4.78, 5) is 10.6. The molecule has 6 heteroatoms. The Kier molecular flexibility index (Phi) is 8.09. The number of methoxy groups -OCH3 is 2. The number of ether oxygens (including phenoxy) is 3. The fraction of sp³-hybridized carbons (Fsp3) is 0.562. The molecule has 0 bridgehead atoms. The lowest BCUT2D eigenvalue weighted by molar-refractivity contribution is -0.137. The number of carboxylic acid groups (broad SMARTS) is 1. The Labute approximate surface area is 139 Å². The number of hydrogen-bond acceptors (Lipinski definition) is 4. The maximum absolute atomic E-state index is 10.6. The standard InChI is InChI=1S/C16H23BrO5/c1-4-12(6-5-7-15(18)19)22-16-13(20-2)8-11(10-17)9-14(16)21-3/h8-9,12H,4-7,10H2,1-3H3,(H,18,19). The van der Waals surface area contributed by atoms with E-state index in [9.17, 15) is 4.79 Å². The minimum atomic E-state index is -0.785. The van der Waals surface area contributed by atoms with Crippen LogP contribution in [0.3, 0.4) is 0 Å². The molecule has 0 saturated heterocycles. The molecule has 0 saturated carbocycles. The summed E-state index contributed by atoms with van der Waals surface area (Å²) in [5, 5.41) is 9.42. The topological polar surface area (TPSA) is 65.0 Å². The van der Waals surface area contributed by atoms with Crippen LogP contribution in [0.1, 0.15) is 38.2 Å². The van der Waals surface area contributed by atoms with Gasteiger partial charge in [0.25, 0.3) is 0 Å². The first-order chi connectivity index (χ1) is 10.5. The first-order valence-electron chi connectivity index (χ1n) is 7.24. The Morgan fingerprint density at radius 2 is 1.86 bits per heavy atom. The highest BCUT2D eigenvalue weighted by atomic mass is 79.9. The maximum Gasteiger partial charge on any atom is 0.303 e. The van der Waals surface area contributed by atoms with Crippen LogP contribution in [0.5, 0.6) is 17.2 Å². The van der Waals surface area contributed by atoms with Gasteiger partial charge in [-0.25, -0.2) is 0 Å². The van der Waals surface area contributed by atoms with Gasteiger partial charge >= 0.3 is 5.97 Å². The number of aliphatic carboxylic acids is 1. The van der Waals surface area contributed by atoms with Crippen LogP contribution >= 0.6 is 15.9 Å².